The molecule has 0 bridgehead atoms. The standard InChI is InChI=1S/C5H2O11.2Ca.2Mg.2Zn.8H/c6-1(7)13-3(10)15-5(12)16-4(11)14-2(8)9;;;;;;;;;;;;;;/h(H,6,7)(H,8,9);;;;;;;;;;;;;;/q;4*+2;;;8*-1. The Kier molecular flexibility index (Phi) is 51.6. The van der Waals surface area contributed by atoms with Crippen LogP contribution in [0.3, 0.4) is 0 Å². The van der Waals surface area contributed by atoms with Gasteiger partial charge in [0.1, 0.15) is 0 Å². The minimum Gasteiger partial charge on any atom is -1.00 e. The van der Waals surface area contributed by atoms with Crippen LogP contribution in [0.2, 0.25) is 0 Å². The Labute approximate surface area is 251 Å². The average Bonchev–Trinajstić information content (AvgIpc) is 1.97. The molecule has 108 valence electrons. The second kappa shape index (κ2) is 25.7. The molecule has 0 radical (unpaired) electrons. The Morgan fingerprint density at radius 3 is 0.955 bits per heavy atom. The molecular weight excluding hydrogens is 496 g/mol. The zero-order chi connectivity index (χ0) is 12.7. The summed E-state index contributed by atoms with van der Waals surface area (Å²) in [7, 11) is 0. The van der Waals surface area contributed by atoms with Crippen LogP contribution in [0.5, 0.6) is 0 Å². The molecule has 0 saturated heterocycles. The van der Waals surface area contributed by atoms with E-state index in [1.165, 1.54) is 0 Å². The first kappa shape index (κ1) is 44.2. The Hall–Kier alpha value is 2.45. The molecule has 11 nitrogen and oxygen atoms in total. The van der Waals surface area contributed by atoms with Gasteiger partial charge in [0.05, 0.1) is 0 Å². The van der Waals surface area contributed by atoms with Crippen LogP contribution in [0.15, 0.2) is 0 Å². The Bertz CT molecular complexity index is 361. The van der Waals surface area contributed by atoms with Gasteiger partial charge < -0.3 is 40.6 Å². The topological polar surface area (TPSA) is 163 Å². The summed E-state index contributed by atoms with van der Waals surface area (Å²) in [6, 6.07) is 0. The van der Waals surface area contributed by atoms with Crippen molar-refractivity contribution in [3.8, 4) is 0 Å². The zero-order valence-electron chi connectivity index (χ0n) is 19.3. The van der Waals surface area contributed by atoms with Gasteiger partial charge in [0.25, 0.3) is 0 Å². The van der Waals surface area contributed by atoms with Gasteiger partial charge in [0, 0.05) is 39.0 Å². The fourth-order valence-electron chi connectivity index (χ4n) is 0.341. The molecule has 0 aliphatic heterocycles. The van der Waals surface area contributed by atoms with E-state index in [9.17, 15) is 24.0 Å². The van der Waals surface area contributed by atoms with Gasteiger partial charge in [-0.25, -0.2) is 24.0 Å². The van der Waals surface area contributed by atoms with Gasteiger partial charge in [-0.2, -0.15) is 0 Å². The van der Waals surface area contributed by atoms with Crippen LogP contribution < -0.4 is 0 Å². The second-order valence-electron chi connectivity index (χ2n) is 1.69. The first-order chi connectivity index (χ1) is 7.31. The first-order valence-corrected chi connectivity index (χ1v) is 3.10. The molecular formula is C5H10Ca2Mg2O11Zn2. The summed E-state index contributed by atoms with van der Waals surface area (Å²) in [5.41, 5.74) is 0. The normalized spacial score (nSPS) is 6.18. The van der Waals surface area contributed by atoms with Gasteiger partial charge in [-0.3, -0.25) is 0 Å². The molecule has 0 unspecified atom stereocenters. The van der Waals surface area contributed by atoms with Crippen LogP contribution in [0.4, 0.5) is 24.0 Å². The summed E-state index contributed by atoms with van der Waals surface area (Å²) < 4.78 is 13.4. The fraction of sp³-hybridized carbons (Fsp3) is 0. The van der Waals surface area contributed by atoms with Gasteiger partial charge in [-0.15, -0.1) is 0 Å². The summed E-state index contributed by atoms with van der Waals surface area (Å²) in [4.78, 5) is 50.4. The summed E-state index contributed by atoms with van der Waals surface area (Å²) >= 11 is 0. The molecule has 17 heteroatoms. The molecule has 0 aromatic heterocycles. The Morgan fingerprint density at radius 1 is 0.591 bits per heavy atom. The van der Waals surface area contributed by atoms with Crippen molar-refractivity contribution in [3.63, 3.8) is 0 Å². The molecule has 0 spiro atoms. The number of carbonyl (C=O) groups excluding carboxylic acids is 3. The molecule has 0 fully saturated rings. The molecule has 0 aliphatic carbocycles. The van der Waals surface area contributed by atoms with Crippen molar-refractivity contribution in [2.45, 2.75) is 0 Å². The van der Waals surface area contributed by atoms with E-state index in [0.717, 1.165) is 0 Å². The molecule has 0 saturated carbocycles. The number of carbonyl (C=O) groups is 5. The van der Waals surface area contributed by atoms with E-state index < -0.39 is 30.8 Å². The molecule has 0 rings (SSSR count). The maximum atomic E-state index is 10.4. The van der Waals surface area contributed by atoms with Crippen molar-refractivity contribution < 1.29 is 104 Å². The maximum Gasteiger partial charge on any atom is 2.00 e. The number of ether oxygens (including phenoxy) is 4. The Balaban J connectivity index is -0.0000000124. The van der Waals surface area contributed by atoms with Crippen LogP contribution in [0.1, 0.15) is 11.4 Å². The minimum atomic E-state index is -2.06. The molecule has 2 N–H and O–H groups in total. The maximum absolute atomic E-state index is 10.4. The number of hydrogen-bond acceptors (Lipinski definition) is 9. The van der Waals surface area contributed by atoms with Crippen molar-refractivity contribution in [2.24, 2.45) is 0 Å². The summed E-state index contributed by atoms with van der Waals surface area (Å²) in [5.74, 6) is 0. The average molecular weight is 506 g/mol. The summed E-state index contributed by atoms with van der Waals surface area (Å²) in [6.45, 7) is 0. The minimum absolute atomic E-state index is 0. The van der Waals surface area contributed by atoms with Crippen LogP contribution in [-0.4, -0.2) is 163 Å². The Morgan fingerprint density at radius 2 is 0.773 bits per heavy atom. The van der Waals surface area contributed by atoms with E-state index in [0.29, 0.717) is 0 Å². The quantitative estimate of drug-likeness (QED) is 0.261. The predicted molar refractivity (Wildman–Crippen MR) is 68.5 cm³/mol. The summed E-state index contributed by atoms with van der Waals surface area (Å²) in [5, 5.41) is 15.7. The zero-order valence-corrected chi connectivity index (χ0v) is 24.5. The third-order valence-corrected chi connectivity index (χ3v) is 0.675. The number of carboxylic acid groups (broad SMARTS) is 2. The molecule has 22 heavy (non-hydrogen) atoms. The van der Waals surface area contributed by atoms with Crippen LogP contribution in [0.25, 0.3) is 0 Å². The molecule has 0 aliphatic rings. The first-order valence-electron chi connectivity index (χ1n) is 3.10. The van der Waals surface area contributed by atoms with Gasteiger partial charge in [0.2, 0.25) is 0 Å². The van der Waals surface area contributed by atoms with Crippen molar-refractivity contribution in [3.05, 3.63) is 0 Å². The van der Waals surface area contributed by atoms with Crippen LogP contribution in [0, 0.1) is 0 Å². The number of hydrogen-bond donors (Lipinski definition) is 2. The largest absolute Gasteiger partial charge is 2.00 e. The van der Waals surface area contributed by atoms with Gasteiger partial charge in [0.15, 0.2) is 0 Å². The van der Waals surface area contributed by atoms with Gasteiger partial charge in [-0.05, 0) is 0 Å². The third kappa shape index (κ3) is 30.3. The molecule has 0 heterocycles. The fourth-order valence-corrected chi connectivity index (χ4v) is 0.341. The second-order valence-corrected chi connectivity index (χ2v) is 1.69. The van der Waals surface area contributed by atoms with Crippen LogP contribution >= 0.6 is 0 Å². The number of rotatable bonds is 0. The van der Waals surface area contributed by atoms with E-state index in [-0.39, 0.29) is 172 Å². The molecule has 0 aromatic rings. The van der Waals surface area contributed by atoms with Gasteiger partial charge >= 0.3 is 152 Å². The van der Waals surface area contributed by atoms with Crippen molar-refractivity contribution in [2.75, 3.05) is 0 Å². The van der Waals surface area contributed by atoms with E-state index in [1.807, 2.05) is 0 Å². The van der Waals surface area contributed by atoms with Crippen LogP contribution in [-0.2, 0) is 57.9 Å². The van der Waals surface area contributed by atoms with E-state index in [4.69, 9.17) is 10.2 Å². The molecule has 0 atom stereocenters. The van der Waals surface area contributed by atoms with E-state index >= 15 is 0 Å². The van der Waals surface area contributed by atoms with Gasteiger partial charge in [-0.1, -0.05) is 0 Å². The SMILES string of the molecule is O=C(O)OC(=O)OC(=O)OC(=O)OC(=O)O.[Ca+2].[Ca+2].[H-].[H-].[H-].[H-].[H-].[H-].[H-].[H-].[Mg+2].[Mg+2].[Zn].[Zn]. The third-order valence-electron chi connectivity index (χ3n) is 0.675. The molecule has 0 aromatic carbocycles. The smallest absolute Gasteiger partial charge is 1.00 e. The van der Waals surface area contributed by atoms with E-state index in [2.05, 4.69) is 18.9 Å². The monoisotopic (exact) mass is 502 g/mol. The molecule has 0 amide bonds. The van der Waals surface area contributed by atoms with Crippen molar-refractivity contribution in [1.82, 2.24) is 0 Å². The van der Waals surface area contributed by atoms with E-state index in [1.54, 1.807) is 0 Å². The summed E-state index contributed by atoms with van der Waals surface area (Å²) in [6.07, 6.45) is -10.1. The predicted octanol–water partition coefficient (Wildman–Crippen LogP) is 0.141. The van der Waals surface area contributed by atoms with Crippen molar-refractivity contribution >= 4 is 152 Å². The van der Waals surface area contributed by atoms with Crippen molar-refractivity contribution in [1.29, 1.82) is 0 Å².